The highest BCUT2D eigenvalue weighted by atomic mass is 35.5. The van der Waals surface area contributed by atoms with Crippen molar-refractivity contribution in [3.63, 3.8) is 0 Å². The minimum absolute atomic E-state index is 0. The van der Waals surface area contributed by atoms with E-state index in [2.05, 4.69) is 44.8 Å². The van der Waals surface area contributed by atoms with E-state index >= 15 is 0 Å². The molecule has 0 atom stereocenters. The van der Waals surface area contributed by atoms with Crippen molar-refractivity contribution in [2.75, 3.05) is 42.9 Å². The lowest BCUT2D eigenvalue weighted by atomic mass is 10.1. The average molecular weight is 531 g/mol. The number of fused-ring (bicyclic) bond motifs is 1. The van der Waals surface area contributed by atoms with Crippen LogP contribution in [0.3, 0.4) is 0 Å². The van der Waals surface area contributed by atoms with Crippen LogP contribution in [0.1, 0.15) is 0 Å². The third-order valence-electron chi connectivity index (χ3n) is 6.06. The summed E-state index contributed by atoms with van der Waals surface area (Å²) in [6.07, 6.45) is -0.801. The first-order valence-corrected chi connectivity index (χ1v) is 11.6. The van der Waals surface area contributed by atoms with Crippen LogP contribution in [0.25, 0.3) is 28.0 Å². The van der Waals surface area contributed by atoms with Gasteiger partial charge in [-0.2, -0.15) is 13.2 Å². The predicted molar refractivity (Wildman–Crippen MR) is 141 cm³/mol. The van der Waals surface area contributed by atoms with Gasteiger partial charge in [-0.1, -0.05) is 24.3 Å². The molecule has 0 radical (unpaired) electrons. The van der Waals surface area contributed by atoms with Gasteiger partial charge in [-0.15, -0.1) is 12.4 Å². The van der Waals surface area contributed by atoms with E-state index in [1.165, 1.54) is 5.69 Å². The second-order valence-electron chi connectivity index (χ2n) is 8.57. The highest BCUT2D eigenvalue weighted by Crippen LogP contribution is 2.28. The van der Waals surface area contributed by atoms with Crippen LogP contribution in [0.5, 0.6) is 0 Å². The van der Waals surface area contributed by atoms with E-state index in [9.17, 15) is 18.0 Å². The Morgan fingerprint density at radius 2 is 1.73 bits per heavy atom. The van der Waals surface area contributed by atoms with Gasteiger partial charge in [-0.3, -0.25) is 4.40 Å². The minimum atomic E-state index is -4.47. The normalized spacial score (nSPS) is 13.8. The number of urea groups is 1. The number of hydrogen-bond acceptors (Lipinski definition) is 4. The molecule has 1 fully saturated rings. The summed E-state index contributed by atoms with van der Waals surface area (Å²) in [5.41, 5.74) is 6.05. The molecular formula is C26H26ClF3N6O. The zero-order chi connectivity index (χ0) is 25.1. The lowest BCUT2D eigenvalue weighted by Gasteiger charge is -2.29. The molecule has 0 spiro atoms. The number of rotatable bonds is 5. The number of piperazine rings is 1. The van der Waals surface area contributed by atoms with Crippen LogP contribution in [0.4, 0.5) is 29.3 Å². The Labute approximate surface area is 218 Å². The van der Waals surface area contributed by atoms with Crippen LogP contribution in [0.15, 0.2) is 73.1 Å². The lowest BCUT2D eigenvalue weighted by Crippen LogP contribution is -2.43. The van der Waals surface area contributed by atoms with Gasteiger partial charge in [0.2, 0.25) is 0 Å². The molecule has 0 aliphatic carbocycles. The summed E-state index contributed by atoms with van der Waals surface area (Å²) < 4.78 is 38.9. The Morgan fingerprint density at radius 3 is 2.46 bits per heavy atom. The Hall–Kier alpha value is -3.76. The number of carbonyl (C=O) groups is 1. The maximum Gasteiger partial charge on any atom is 0.405 e. The summed E-state index contributed by atoms with van der Waals surface area (Å²) in [5.74, 6) is 0. The molecule has 0 unspecified atom stereocenters. The number of nitrogens with zero attached hydrogens (tertiary/aromatic N) is 3. The van der Waals surface area contributed by atoms with Crippen LogP contribution >= 0.6 is 12.4 Å². The molecule has 11 heteroatoms. The second-order valence-corrected chi connectivity index (χ2v) is 8.57. The van der Waals surface area contributed by atoms with Crippen molar-refractivity contribution in [1.29, 1.82) is 0 Å². The van der Waals surface area contributed by atoms with Gasteiger partial charge >= 0.3 is 12.2 Å². The first kappa shape index (κ1) is 26.3. The zero-order valence-electron chi connectivity index (χ0n) is 19.8. The summed E-state index contributed by atoms with van der Waals surface area (Å²) in [7, 11) is 0. The highest BCUT2D eigenvalue weighted by molar-refractivity contribution is 5.90. The van der Waals surface area contributed by atoms with Crippen LogP contribution in [-0.4, -0.2) is 54.3 Å². The van der Waals surface area contributed by atoms with Crippen molar-refractivity contribution < 1.29 is 18.0 Å². The van der Waals surface area contributed by atoms with Gasteiger partial charge in [0.05, 0.1) is 11.9 Å². The summed E-state index contributed by atoms with van der Waals surface area (Å²) in [6.45, 7) is 2.58. The molecule has 5 rings (SSSR count). The van der Waals surface area contributed by atoms with Crippen LogP contribution in [-0.2, 0) is 0 Å². The van der Waals surface area contributed by atoms with Gasteiger partial charge in [0.25, 0.3) is 0 Å². The number of imidazole rings is 1. The van der Waals surface area contributed by atoms with Gasteiger partial charge in [-0.25, -0.2) is 9.78 Å². The number of halogens is 4. The summed E-state index contributed by atoms with van der Waals surface area (Å²) >= 11 is 0. The number of hydrogen-bond donors (Lipinski definition) is 3. The molecule has 3 N–H and O–H groups in total. The number of carbonyl (C=O) groups excluding carboxylic acids is 1. The second kappa shape index (κ2) is 11.1. The Balaban J connectivity index is 0.00000320. The molecule has 2 aromatic carbocycles. The number of pyridine rings is 1. The molecule has 1 aliphatic rings. The standard InChI is InChI=1S/C26H25F3N6O.ClH/c27-26(28,29)17-32-25(36)33-21-3-1-2-20(14-21)23-16-31-24-15-19(8-11-35(23)24)18-4-6-22(7-5-18)34-12-9-30-10-13-34;/h1-8,11,14-16,30H,9-10,12-13,17H2,(H2,32,33,36);1H. The van der Waals surface area contributed by atoms with Gasteiger partial charge in [0, 0.05) is 49.3 Å². The fraction of sp³-hybridized carbons (Fsp3) is 0.231. The fourth-order valence-electron chi connectivity index (χ4n) is 4.27. The molecule has 1 saturated heterocycles. The molecular weight excluding hydrogens is 505 g/mol. The average Bonchev–Trinajstić information content (AvgIpc) is 3.31. The van der Waals surface area contributed by atoms with Crippen molar-refractivity contribution in [2.24, 2.45) is 0 Å². The molecule has 4 aromatic rings. The summed E-state index contributed by atoms with van der Waals surface area (Å²) in [6, 6.07) is 18.5. The molecule has 7 nitrogen and oxygen atoms in total. The Bertz CT molecular complexity index is 1370. The molecule has 1 aliphatic heterocycles. The fourth-order valence-corrected chi connectivity index (χ4v) is 4.27. The van der Waals surface area contributed by atoms with E-state index in [0.29, 0.717) is 5.69 Å². The molecule has 0 saturated carbocycles. The molecule has 0 bridgehead atoms. The quantitative estimate of drug-likeness (QED) is 0.332. The number of alkyl halides is 3. The summed E-state index contributed by atoms with van der Waals surface area (Å²) in [5, 5.41) is 7.60. The van der Waals surface area contributed by atoms with E-state index in [0.717, 1.165) is 54.2 Å². The van der Waals surface area contributed by atoms with Crippen LogP contribution < -0.4 is 20.9 Å². The lowest BCUT2D eigenvalue weighted by molar-refractivity contribution is -0.122. The largest absolute Gasteiger partial charge is 0.405 e. The van der Waals surface area contributed by atoms with Gasteiger partial charge in [-0.05, 0) is 47.5 Å². The summed E-state index contributed by atoms with van der Waals surface area (Å²) in [4.78, 5) is 18.7. The topological polar surface area (TPSA) is 73.7 Å². The number of aromatic nitrogens is 2. The third kappa shape index (κ3) is 6.33. The maximum absolute atomic E-state index is 12.3. The minimum Gasteiger partial charge on any atom is -0.369 e. The van der Waals surface area contributed by atoms with E-state index in [4.69, 9.17) is 0 Å². The predicted octanol–water partition coefficient (Wildman–Crippen LogP) is 5.18. The number of anilines is 2. The van der Waals surface area contributed by atoms with Crippen molar-refractivity contribution in [3.8, 4) is 22.4 Å². The van der Waals surface area contributed by atoms with E-state index in [-0.39, 0.29) is 12.4 Å². The monoisotopic (exact) mass is 530 g/mol. The molecule has 2 amide bonds. The van der Waals surface area contributed by atoms with E-state index in [1.807, 2.05) is 28.8 Å². The zero-order valence-corrected chi connectivity index (χ0v) is 20.6. The van der Waals surface area contributed by atoms with Gasteiger partial charge in [0.1, 0.15) is 12.2 Å². The third-order valence-corrected chi connectivity index (χ3v) is 6.06. The maximum atomic E-state index is 12.3. The van der Waals surface area contributed by atoms with Crippen LogP contribution in [0, 0.1) is 0 Å². The molecule has 3 heterocycles. The van der Waals surface area contributed by atoms with Crippen molar-refractivity contribution >= 4 is 35.5 Å². The smallest absolute Gasteiger partial charge is 0.369 e. The number of amides is 2. The number of nitrogens with one attached hydrogen (secondary N) is 3. The SMILES string of the molecule is Cl.O=C(NCC(F)(F)F)Nc1cccc(-c2cnc3cc(-c4ccc(N5CCNCC5)cc4)ccn23)c1. The Morgan fingerprint density at radius 1 is 0.973 bits per heavy atom. The molecule has 194 valence electrons. The van der Waals surface area contributed by atoms with Crippen molar-refractivity contribution in [1.82, 2.24) is 20.0 Å². The highest BCUT2D eigenvalue weighted by Gasteiger charge is 2.27. The van der Waals surface area contributed by atoms with Crippen molar-refractivity contribution in [2.45, 2.75) is 6.18 Å². The van der Waals surface area contributed by atoms with E-state index < -0.39 is 18.8 Å². The molecule has 2 aromatic heterocycles. The Kier molecular flexibility index (Phi) is 7.89. The first-order valence-electron chi connectivity index (χ1n) is 11.6. The first-order chi connectivity index (χ1) is 17.4. The van der Waals surface area contributed by atoms with Crippen molar-refractivity contribution in [3.05, 3.63) is 73.1 Å². The van der Waals surface area contributed by atoms with Gasteiger partial charge in [0.15, 0.2) is 0 Å². The van der Waals surface area contributed by atoms with Crippen LogP contribution in [0.2, 0.25) is 0 Å². The molecule has 37 heavy (non-hydrogen) atoms. The van der Waals surface area contributed by atoms with Gasteiger partial charge < -0.3 is 20.9 Å². The van der Waals surface area contributed by atoms with E-state index in [1.54, 1.807) is 29.7 Å². The number of benzene rings is 2.